The predicted molar refractivity (Wildman–Crippen MR) is 64.5 cm³/mol. The van der Waals surface area contributed by atoms with E-state index in [1.165, 1.54) is 0 Å². The first kappa shape index (κ1) is 11.8. The van der Waals surface area contributed by atoms with E-state index in [-0.39, 0.29) is 5.96 Å². The number of nitrogens with one attached hydrogen (secondary N) is 4. The fourth-order valence-electron chi connectivity index (χ4n) is 1.02. The van der Waals surface area contributed by atoms with E-state index in [9.17, 15) is 4.79 Å². The zero-order valence-corrected chi connectivity index (χ0v) is 8.79. The Morgan fingerprint density at radius 2 is 2.06 bits per heavy atom. The van der Waals surface area contributed by atoms with Gasteiger partial charge in [-0.25, -0.2) is 4.79 Å². The summed E-state index contributed by atoms with van der Waals surface area (Å²) in [5.41, 5.74) is 0.677. The Kier molecular flexibility index (Phi) is 4.59. The monoisotopic (exact) mass is 218 g/mol. The molecule has 0 fully saturated rings. The van der Waals surface area contributed by atoms with Crippen molar-refractivity contribution in [1.29, 1.82) is 5.41 Å². The second kappa shape index (κ2) is 6.23. The molecule has 0 saturated heterocycles. The van der Waals surface area contributed by atoms with Crippen molar-refractivity contribution in [3.8, 4) is 0 Å². The van der Waals surface area contributed by atoms with E-state index in [4.69, 9.17) is 5.41 Å². The van der Waals surface area contributed by atoms with Crippen LogP contribution < -0.4 is 16.0 Å². The fraction of sp³-hybridized carbons (Fsp3) is 0.0909. The third-order valence-electron chi connectivity index (χ3n) is 1.69. The molecule has 5 nitrogen and oxygen atoms in total. The molecule has 1 rings (SSSR count). The molecule has 0 aliphatic rings. The van der Waals surface area contributed by atoms with Gasteiger partial charge in [0.15, 0.2) is 5.96 Å². The van der Waals surface area contributed by atoms with E-state index in [0.29, 0.717) is 12.2 Å². The Bertz CT molecular complexity index is 375. The van der Waals surface area contributed by atoms with Crippen LogP contribution in [0.25, 0.3) is 0 Å². The lowest BCUT2D eigenvalue weighted by atomic mass is 10.3. The molecule has 16 heavy (non-hydrogen) atoms. The largest absolute Gasteiger partial charge is 0.353 e. The number of para-hydroxylation sites is 1. The fourth-order valence-corrected chi connectivity index (χ4v) is 1.02. The molecule has 1 aromatic rings. The van der Waals surface area contributed by atoms with Crippen LogP contribution in [0, 0.1) is 5.41 Å². The van der Waals surface area contributed by atoms with Crippen molar-refractivity contribution in [2.75, 3.05) is 11.9 Å². The molecule has 0 spiro atoms. The number of benzene rings is 1. The SMILES string of the molecule is C=CCNC(=N)NC(=O)Nc1ccccc1. The summed E-state index contributed by atoms with van der Waals surface area (Å²) in [6.07, 6.45) is 1.60. The van der Waals surface area contributed by atoms with Crippen LogP contribution in [0.5, 0.6) is 0 Å². The number of hydrogen-bond donors (Lipinski definition) is 4. The first-order valence-corrected chi connectivity index (χ1v) is 4.78. The molecule has 0 aliphatic heterocycles. The zero-order chi connectivity index (χ0) is 11.8. The second-order valence-electron chi connectivity index (χ2n) is 2.99. The van der Waals surface area contributed by atoms with Gasteiger partial charge in [0.25, 0.3) is 0 Å². The summed E-state index contributed by atoms with van der Waals surface area (Å²) in [5, 5.41) is 14.9. The summed E-state index contributed by atoms with van der Waals surface area (Å²) >= 11 is 0. The van der Waals surface area contributed by atoms with Crippen LogP contribution in [-0.4, -0.2) is 18.5 Å². The average Bonchev–Trinajstić information content (AvgIpc) is 2.27. The predicted octanol–water partition coefficient (Wildman–Crippen LogP) is 1.52. The molecule has 5 heteroatoms. The molecule has 84 valence electrons. The molecule has 0 aromatic heterocycles. The molecule has 0 saturated carbocycles. The van der Waals surface area contributed by atoms with Gasteiger partial charge in [0.1, 0.15) is 0 Å². The summed E-state index contributed by atoms with van der Waals surface area (Å²) in [7, 11) is 0. The maximum Gasteiger partial charge on any atom is 0.325 e. The molecule has 2 amide bonds. The topological polar surface area (TPSA) is 77.0 Å². The number of carbonyl (C=O) groups excluding carboxylic acids is 1. The van der Waals surface area contributed by atoms with Crippen molar-refractivity contribution in [2.45, 2.75) is 0 Å². The highest BCUT2D eigenvalue weighted by Gasteiger charge is 2.02. The van der Waals surface area contributed by atoms with Crippen molar-refractivity contribution in [1.82, 2.24) is 10.6 Å². The summed E-state index contributed by atoms with van der Waals surface area (Å²) in [5.74, 6) is -0.0617. The van der Waals surface area contributed by atoms with Gasteiger partial charge in [-0.1, -0.05) is 24.3 Å². The molecular formula is C11H14N4O. The van der Waals surface area contributed by atoms with Gasteiger partial charge in [0.05, 0.1) is 0 Å². The van der Waals surface area contributed by atoms with Crippen LogP contribution in [0.15, 0.2) is 43.0 Å². The van der Waals surface area contributed by atoms with Gasteiger partial charge in [-0.05, 0) is 12.1 Å². The van der Waals surface area contributed by atoms with Gasteiger partial charge in [-0.15, -0.1) is 6.58 Å². The van der Waals surface area contributed by atoms with E-state index >= 15 is 0 Å². The Hall–Kier alpha value is -2.30. The summed E-state index contributed by atoms with van der Waals surface area (Å²) < 4.78 is 0. The summed E-state index contributed by atoms with van der Waals surface area (Å²) in [6.45, 7) is 3.93. The number of anilines is 1. The third-order valence-corrected chi connectivity index (χ3v) is 1.69. The van der Waals surface area contributed by atoms with E-state index in [0.717, 1.165) is 0 Å². The molecule has 0 atom stereocenters. The first-order valence-electron chi connectivity index (χ1n) is 4.78. The Labute approximate surface area is 94.1 Å². The molecule has 0 bridgehead atoms. The minimum absolute atomic E-state index is 0.0617. The third kappa shape index (κ3) is 4.28. The lowest BCUT2D eigenvalue weighted by Gasteiger charge is -2.08. The number of urea groups is 1. The lowest BCUT2D eigenvalue weighted by Crippen LogP contribution is -2.42. The van der Waals surface area contributed by atoms with Crippen molar-refractivity contribution in [3.05, 3.63) is 43.0 Å². The molecule has 0 aliphatic carbocycles. The quantitative estimate of drug-likeness (QED) is 0.352. The van der Waals surface area contributed by atoms with Crippen molar-refractivity contribution in [3.63, 3.8) is 0 Å². The highest BCUT2D eigenvalue weighted by Crippen LogP contribution is 2.03. The van der Waals surface area contributed by atoms with Crippen LogP contribution in [-0.2, 0) is 0 Å². The maximum atomic E-state index is 11.4. The number of hydrogen-bond acceptors (Lipinski definition) is 2. The Balaban J connectivity index is 2.36. The van der Waals surface area contributed by atoms with Gasteiger partial charge in [-0.3, -0.25) is 10.7 Å². The van der Waals surface area contributed by atoms with Crippen molar-refractivity contribution < 1.29 is 4.79 Å². The maximum absolute atomic E-state index is 11.4. The van der Waals surface area contributed by atoms with E-state index in [1.807, 2.05) is 18.2 Å². The smallest absolute Gasteiger partial charge is 0.325 e. The van der Waals surface area contributed by atoms with Gasteiger partial charge in [-0.2, -0.15) is 0 Å². The van der Waals surface area contributed by atoms with Crippen molar-refractivity contribution >= 4 is 17.7 Å². The molecule has 0 unspecified atom stereocenters. The minimum atomic E-state index is -0.451. The van der Waals surface area contributed by atoms with Crippen LogP contribution >= 0.6 is 0 Å². The number of rotatable bonds is 3. The van der Waals surface area contributed by atoms with Gasteiger partial charge >= 0.3 is 6.03 Å². The van der Waals surface area contributed by atoms with E-state index < -0.39 is 6.03 Å². The second-order valence-corrected chi connectivity index (χ2v) is 2.99. The highest BCUT2D eigenvalue weighted by atomic mass is 16.2. The summed E-state index contributed by atoms with van der Waals surface area (Å²) in [6, 6.07) is 8.57. The first-order chi connectivity index (χ1) is 7.72. The molecule has 0 radical (unpaired) electrons. The van der Waals surface area contributed by atoms with Gasteiger partial charge in [0.2, 0.25) is 0 Å². The molecule has 0 heterocycles. The van der Waals surface area contributed by atoms with E-state index in [1.54, 1.807) is 18.2 Å². The average molecular weight is 218 g/mol. The standard InChI is InChI=1S/C11H14N4O/c1-2-8-13-10(12)15-11(16)14-9-6-4-3-5-7-9/h2-7H,1,8H2,(H4,12,13,14,15,16). The minimum Gasteiger partial charge on any atom is -0.353 e. The highest BCUT2D eigenvalue weighted by molar-refractivity contribution is 6.01. The summed E-state index contributed by atoms with van der Waals surface area (Å²) in [4.78, 5) is 11.4. The molecule has 1 aromatic carbocycles. The van der Waals surface area contributed by atoms with E-state index in [2.05, 4.69) is 22.5 Å². The normalized spacial score (nSPS) is 9.00. The Morgan fingerprint density at radius 3 is 2.69 bits per heavy atom. The van der Waals surface area contributed by atoms with Crippen LogP contribution in [0.2, 0.25) is 0 Å². The van der Waals surface area contributed by atoms with Crippen molar-refractivity contribution in [2.24, 2.45) is 0 Å². The number of carbonyl (C=O) groups is 1. The molecular weight excluding hydrogens is 204 g/mol. The number of guanidine groups is 1. The Morgan fingerprint density at radius 1 is 1.38 bits per heavy atom. The molecule has 4 N–H and O–H groups in total. The lowest BCUT2D eigenvalue weighted by molar-refractivity contribution is 0.256. The van der Waals surface area contributed by atoms with Gasteiger partial charge < -0.3 is 10.6 Å². The van der Waals surface area contributed by atoms with Crippen LogP contribution in [0.4, 0.5) is 10.5 Å². The van der Waals surface area contributed by atoms with Crippen LogP contribution in [0.3, 0.4) is 0 Å². The zero-order valence-electron chi connectivity index (χ0n) is 8.79. The number of amides is 2. The van der Waals surface area contributed by atoms with Crippen LogP contribution in [0.1, 0.15) is 0 Å². The van der Waals surface area contributed by atoms with Gasteiger partial charge in [0, 0.05) is 12.2 Å².